The molecule has 0 fully saturated rings. The van der Waals surface area contributed by atoms with Gasteiger partial charge in [-0.1, -0.05) is 11.3 Å². The number of ether oxygens (including phenoxy) is 1. The summed E-state index contributed by atoms with van der Waals surface area (Å²) >= 11 is 0. The molecule has 0 spiro atoms. The van der Waals surface area contributed by atoms with E-state index >= 15 is 0 Å². The second-order valence-corrected chi connectivity index (χ2v) is 6.33. The number of fused-ring (bicyclic) bond motifs is 1. The van der Waals surface area contributed by atoms with Crippen LogP contribution in [-0.2, 0) is 6.54 Å². The van der Waals surface area contributed by atoms with E-state index in [0.717, 1.165) is 12.1 Å². The lowest BCUT2D eigenvalue weighted by Gasteiger charge is -2.29. The molecule has 1 aromatic heterocycles. The monoisotopic (exact) mass is 388 g/mol. The van der Waals surface area contributed by atoms with Crippen LogP contribution in [0.5, 0.6) is 5.75 Å². The van der Waals surface area contributed by atoms with Gasteiger partial charge in [0.25, 0.3) is 5.91 Å². The maximum absolute atomic E-state index is 13.9. The van der Waals surface area contributed by atoms with Crippen molar-refractivity contribution in [3.8, 4) is 5.75 Å². The molecule has 0 N–H and O–H groups in total. The Hall–Kier alpha value is -3.36. The van der Waals surface area contributed by atoms with Gasteiger partial charge in [0, 0.05) is 17.7 Å². The van der Waals surface area contributed by atoms with E-state index in [4.69, 9.17) is 4.74 Å². The number of hydrogen-bond donors (Lipinski definition) is 0. The Morgan fingerprint density at radius 1 is 1.14 bits per heavy atom. The van der Waals surface area contributed by atoms with Gasteiger partial charge in [0.2, 0.25) is 0 Å². The number of carbonyl (C=O) groups excluding carboxylic acids is 1. The molecule has 3 aromatic rings. The summed E-state index contributed by atoms with van der Waals surface area (Å²) in [4.78, 5) is 14.4. The Morgan fingerprint density at radius 2 is 1.89 bits per heavy atom. The molecule has 144 valence electrons. The van der Waals surface area contributed by atoms with Gasteiger partial charge in [0.15, 0.2) is 5.69 Å². The number of halogens is 3. The minimum atomic E-state index is -0.702. The zero-order valence-corrected chi connectivity index (χ0v) is 14.8. The molecular formula is C19H15F3N4O2. The van der Waals surface area contributed by atoms with Crippen LogP contribution < -0.4 is 9.64 Å². The topological polar surface area (TPSA) is 60.3 Å². The Morgan fingerprint density at radius 3 is 2.68 bits per heavy atom. The summed E-state index contributed by atoms with van der Waals surface area (Å²) in [5.41, 5.74) is 1.19. The van der Waals surface area contributed by atoms with E-state index in [2.05, 4.69) is 10.3 Å². The van der Waals surface area contributed by atoms with Gasteiger partial charge >= 0.3 is 0 Å². The minimum Gasteiger partial charge on any atom is -0.489 e. The van der Waals surface area contributed by atoms with Gasteiger partial charge in [-0.25, -0.2) is 17.9 Å². The normalized spacial score (nSPS) is 13.2. The summed E-state index contributed by atoms with van der Waals surface area (Å²) in [7, 11) is 0. The first-order valence-electron chi connectivity index (χ1n) is 8.52. The highest BCUT2D eigenvalue weighted by molar-refractivity contribution is 6.06. The molecule has 1 aliphatic rings. The van der Waals surface area contributed by atoms with Crippen molar-refractivity contribution in [2.45, 2.75) is 13.5 Å². The third-order valence-electron chi connectivity index (χ3n) is 4.55. The van der Waals surface area contributed by atoms with E-state index in [0.29, 0.717) is 11.4 Å². The molecule has 0 unspecified atom stereocenters. The number of rotatable bonds is 3. The smallest absolute Gasteiger partial charge is 0.280 e. The Kier molecular flexibility index (Phi) is 4.50. The van der Waals surface area contributed by atoms with Crippen molar-refractivity contribution in [1.82, 2.24) is 15.0 Å². The zero-order chi connectivity index (χ0) is 19.8. The second-order valence-electron chi connectivity index (χ2n) is 6.33. The lowest BCUT2D eigenvalue weighted by molar-refractivity contribution is 0.0971. The number of nitrogens with zero attached hydrogens (tertiary/aromatic N) is 4. The number of aromatic nitrogens is 3. The van der Waals surface area contributed by atoms with Crippen molar-refractivity contribution in [3.05, 3.63) is 70.8 Å². The van der Waals surface area contributed by atoms with E-state index in [1.54, 1.807) is 6.92 Å². The predicted octanol–water partition coefficient (Wildman–Crippen LogP) is 3.09. The molecule has 2 aromatic carbocycles. The van der Waals surface area contributed by atoms with Gasteiger partial charge in [-0.3, -0.25) is 9.69 Å². The summed E-state index contributed by atoms with van der Waals surface area (Å²) in [5.74, 6) is -1.98. The third kappa shape index (κ3) is 3.19. The standard InChI is InChI=1S/C19H15F3N4O2/c1-11-18(23-24-26(11)10-12-2-3-13(20)8-15(12)22)19(27)25-6-7-28-17-9-14(21)4-5-16(17)25/h2-5,8-9H,6-7,10H2,1H3. The fourth-order valence-electron chi connectivity index (χ4n) is 3.05. The molecule has 2 heterocycles. The summed E-state index contributed by atoms with van der Waals surface area (Å²) in [6, 6.07) is 7.19. The minimum absolute atomic E-state index is 0.00311. The molecule has 0 saturated carbocycles. The summed E-state index contributed by atoms with van der Waals surface area (Å²) in [6.45, 7) is 2.14. The summed E-state index contributed by atoms with van der Waals surface area (Å²) in [6.07, 6.45) is 0. The van der Waals surface area contributed by atoms with Gasteiger partial charge < -0.3 is 4.74 Å². The number of anilines is 1. The van der Waals surface area contributed by atoms with Crippen LogP contribution in [0.15, 0.2) is 36.4 Å². The first-order chi connectivity index (χ1) is 13.4. The van der Waals surface area contributed by atoms with Crippen molar-refractivity contribution >= 4 is 11.6 Å². The number of amides is 1. The molecule has 28 heavy (non-hydrogen) atoms. The Bertz CT molecular complexity index is 1070. The SMILES string of the molecule is Cc1c(C(=O)N2CCOc3cc(F)ccc32)nnn1Cc1ccc(F)cc1F. The van der Waals surface area contributed by atoms with E-state index in [1.165, 1.54) is 33.8 Å². The fourth-order valence-corrected chi connectivity index (χ4v) is 3.05. The summed E-state index contributed by atoms with van der Waals surface area (Å²) < 4.78 is 47.2. The molecule has 0 atom stereocenters. The van der Waals surface area contributed by atoms with Crippen LogP contribution in [0.25, 0.3) is 0 Å². The van der Waals surface area contributed by atoms with Crippen molar-refractivity contribution in [3.63, 3.8) is 0 Å². The molecule has 6 nitrogen and oxygen atoms in total. The van der Waals surface area contributed by atoms with Gasteiger partial charge in [0.1, 0.15) is 29.8 Å². The van der Waals surface area contributed by atoms with Gasteiger partial charge in [-0.05, 0) is 25.1 Å². The molecule has 9 heteroatoms. The van der Waals surface area contributed by atoms with Crippen LogP contribution in [0.4, 0.5) is 18.9 Å². The van der Waals surface area contributed by atoms with Crippen molar-refractivity contribution in [1.29, 1.82) is 0 Å². The van der Waals surface area contributed by atoms with Crippen molar-refractivity contribution < 1.29 is 22.7 Å². The lowest BCUT2D eigenvalue weighted by atomic mass is 10.2. The van der Waals surface area contributed by atoms with Crippen LogP contribution in [0.3, 0.4) is 0 Å². The molecule has 0 saturated heterocycles. The maximum atomic E-state index is 13.9. The Labute approximate surface area is 158 Å². The average molecular weight is 388 g/mol. The second kappa shape index (κ2) is 6.99. The van der Waals surface area contributed by atoms with Gasteiger partial charge in [0.05, 0.1) is 24.5 Å². The molecule has 0 bridgehead atoms. The van der Waals surface area contributed by atoms with Crippen molar-refractivity contribution in [2.24, 2.45) is 0 Å². The average Bonchev–Trinajstić information content (AvgIpc) is 3.03. The van der Waals surface area contributed by atoms with Crippen LogP contribution in [-0.4, -0.2) is 34.1 Å². The van der Waals surface area contributed by atoms with Crippen LogP contribution >= 0.6 is 0 Å². The number of carbonyl (C=O) groups is 1. The third-order valence-corrected chi connectivity index (χ3v) is 4.55. The van der Waals surface area contributed by atoms with Gasteiger partial charge in [-0.2, -0.15) is 0 Å². The van der Waals surface area contributed by atoms with Crippen LogP contribution in [0.2, 0.25) is 0 Å². The first-order valence-corrected chi connectivity index (χ1v) is 8.52. The highest BCUT2D eigenvalue weighted by Gasteiger charge is 2.28. The largest absolute Gasteiger partial charge is 0.489 e. The quantitative estimate of drug-likeness (QED) is 0.692. The molecule has 0 radical (unpaired) electrons. The first kappa shape index (κ1) is 18.0. The maximum Gasteiger partial charge on any atom is 0.280 e. The molecular weight excluding hydrogens is 373 g/mol. The predicted molar refractivity (Wildman–Crippen MR) is 93.8 cm³/mol. The molecule has 4 rings (SSSR count). The zero-order valence-electron chi connectivity index (χ0n) is 14.8. The number of hydrogen-bond acceptors (Lipinski definition) is 4. The molecule has 1 aliphatic heterocycles. The molecule has 0 aliphatic carbocycles. The number of benzene rings is 2. The Balaban J connectivity index is 1.62. The highest BCUT2D eigenvalue weighted by atomic mass is 19.1. The fraction of sp³-hybridized carbons (Fsp3) is 0.211. The van der Waals surface area contributed by atoms with E-state index in [-0.39, 0.29) is 36.7 Å². The van der Waals surface area contributed by atoms with Gasteiger partial charge in [-0.15, -0.1) is 5.10 Å². The lowest BCUT2D eigenvalue weighted by Crippen LogP contribution is -2.38. The van der Waals surface area contributed by atoms with Crippen LogP contribution in [0, 0.1) is 24.4 Å². The van der Waals surface area contributed by atoms with Crippen molar-refractivity contribution in [2.75, 3.05) is 18.1 Å². The summed E-state index contributed by atoms with van der Waals surface area (Å²) in [5, 5.41) is 7.86. The van der Waals surface area contributed by atoms with E-state index in [9.17, 15) is 18.0 Å². The molecule has 1 amide bonds. The van der Waals surface area contributed by atoms with E-state index < -0.39 is 23.4 Å². The van der Waals surface area contributed by atoms with Crippen LogP contribution in [0.1, 0.15) is 21.7 Å². The highest BCUT2D eigenvalue weighted by Crippen LogP contribution is 2.33. The van der Waals surface area contributed by atoms with E-state index in [1.807, 2.05) is 0 Å².